The molecule has 0 atom stereocenters. The zero-order chi connectivity index (χ0) is 13.5. The highest BCUT2D eigenvalue weighted by atomic mass is 16.2. The van der Waals surface area contributed by atoms with Crippen LogP contribution in [0.3, 0.4) is 0 Å². The van der Waals surface area contributed by atoms with Gasteiger partial charge in [0, 0.05) is 12.6 Å². The van der Waals surface area contributed by atoms with Gasteiger partial charge in [0.25, 0.3) is 5.91 Å². The van der Waals surface area contributed by atoms with Crippen molar-refractivity contribution in [2.45, 2.75) is 31.7 Å². The number of amides is 1. The molecule has 4 rings (SSSR count). The largest absolute Gasteiger partial charge is 0.334 e. The average Bonchev–Trinajstić information content (AvgIpc) is 3.37. The van der Waals surface area contributed by atoms with Gasteiger partial charge in [-0.1, -0.05) is 12.1 Å². The van der Waals surface area contributed by atoms with E-state index < -0.39 is 0 Å². The summed E-state index contributed by atoms with van der Waals surface area (Å²) in [6.45, 7) is 0.901. The van der Waals surface area contributed by atoms with E-state index in [1.807, 2.05) is 29.2 Å². The smallest absolute Gasteiger partial charge is 0.274 e. The molecule has 4 heteroatoms. The Kier molecular flexibility index (Phi) is 2.69. The van der Waals surface area contributed by atoms with Gasteiger partial charge in [0.05, 0.1) is 17.2 Å². The summed E-state index contributed by atoms with van der Waals surface area (Å²) >= 11 is 0. The molecule has 2 saturated carbocycles. The van der Waals surface area contributed by atoms with E-state index in [1.54, 1.807) is 6.20 Å². The molecule has 2 aliphatic rings. The molecule has 0 N–H and O–H groups in total. The lowest BCUT2D eigenvalue weighted by atomic mass is 10.2. The normalized spacial score (nSPS) is 18.2. The summed E-state index contributed by atoms with van der Waals surface area (Å²) in [6, 6.07) is 8.12. The van der Waals surface area contributed by atoms with E-state index in [-0.39, 0.29) is 5.91 Å². The van der Waals surface area contributed by atoms with Crippen molar-refractivity contribution in [3.05, 3.63) is 36.2 Å². The van der Waals surface area contributed by atoms with Crippen LogP contribution in [0.5, 0.6) is 0 Å². The third kappa shape index (κ3) is 2.26. The van der Waals surface area contributed by atoms with Crippen LogP contribution in [-0.2, 0) is 0 Å². The Morgan fingerprint density at radius 1 is 1.15 bits per heavy atom. The van der Waals surface area contributed by atoms with Crippen molar-refractivity contribution in [1.82, 2.24) is 14.9 Å². The highest BCUT2D eigenvalue weighted by molar-refractivity contribution is 5.94. The maximum atomic E-state index is 12.7. The van der Waals surface area contributed by atoms with Crippen molar-refractivity contribution >= 4 is 16.9 Å². The average molecular weight is 267 g/mol. The molecule has 2 aliphatic carbocycles. The van der Waals surface area contributed by atoms with Gasteiger partial charge in [0.2, 0.25) is 0 Å². The van der Waals surface area contributed by atoms with Gasteiger partial charge in [0.1, 0.15) is 5.69 Å². The summed E-state index contributed by atoms with van der Waals surface area (Å²) in [5, 5.41) is 0. The Morgan fingerprint density at radius 3 is 2.60 bits per heavy atom. The number of carbonyl (C=O) groups excluding carboxylic acids is 1. The van der Waals surface area contributed by atoms with Crippen LogP contribution < -0.4 is 0 Å². The zero-order valence-corrected chi connectivity index (χ0v) is 11.3. The molecule has 1 aromatic heterocycles. The summed E-state index contributed by atoms with van der Waals surface area (Å²) in [6.07, 6.45) is 6.42. The first-order chi connectivity index (χ1) is 9.81. The molecule has 0 aliphatic heterocycles. The van der Waals surface area contributed by atoms with Crippen LogP contribution in [0.1, 0.15) is 36.2 Å². The minimum absolute atomic E-state index is 0.0534. The minimum Gasteiger partial charge on any atom is -0.334 e. The fourth-order valence-corrected chi connectivity index (χ4v) is 2.57. The van der Waals surface area contributed by atoms with Crippen molar-refractivity contribution in [3.63, 3.8) is 0 Å². The second-order valence-corrected chi connectivity index (χ2v) is 5.88. The summed E-state index contributed by atoms with van der Waals surface area (Å²) < 4.78 is 0. The van der Waals surface area contributed by atoms with Crippen molar-refractivity contribution in [2.75, 3.05) is 6.54 Å². The number of para-hydroxylation sites is 2. The number of nitrogens with zero attached hydrogens (tertiary/aromatic N) is 3. The fraction of sp³-hybridized carbons (Fsp3) is 0.438. The summed E-state index contributed by atoms with van der Waals surface area (Å²) in [5.74, 6) is 0.769. The Morgan fingerprint density at radius 2 is 1.90 bits per heavy atom. The zero-order valence-electron chi connectivity index (χ0n) is 11.3. The lowest BCUT2D eigenvalue weighted by molar-refractivity contribution is 0.0729. The maximum absolute atomic E-state index is 12.7. The number of fused-ring (bicyclic) bond motifs is 1. The summed E-state index contributed by atoms with van der Waals surface area (Å²) in [7, 11) is 0. The van der Waals surface area contributed by atoms with E-state index in [0.29, 0.717) is 17.7 Å². The molecule has 1 aromatic carbocycles. The van der Waals surface area contributed by atoms with Crippen LogP contribution in [0.15, 0.2) is 30.5 Å². The van der Waals surface area contributed by atoms with Crippen LogP contribution in [0.2, 0.25) is 0 Å². The van der Waals surface area contributed by atoms with Gasteiger partial charge in [-0.3, -0.25) is 9.78 Å². The second kappa shape index (κ2) is 4.54. The first-order valence-electron chi connectivity index (χ1n) is 7.34. The predicted molar refractivity (Wildman–Crippen MR) is 76.3 cm³/mol. The minimum atomic E-state index is 0.0534. The lowest BCUT2D eigenvalue weighted by Crippen LogP contribution is -2.35. The van der Waals surface area contributed by atoms with Gasteiger partial charge in [0.15, 0.2) is 0 Å². The Balaban J connectivity index is 1.63. The highest BCUT2D eigenvalue weighted by Crippen LogP contribution is 2.35. The molecule has 2 fully saturated rings. The molecular formula is C16H17N3O. The Hall–Kier alpha value is -1.97. The van der Waals surface area contributed by atoms with Crippen LogP contribution in [-0.4, -0.2) is 33.4 Å². The first-order valence-corrected chi connectivity index (χ1v) is 7.34. The van der Waals surface area contributed by atoms with Gasteiger partial charge in [-0.25, -0.2) is 4.98 Å². The number of hydrogen-bond acceptors (Lipinski definition) is 3. The van der Waals surface area contributed by atoms with Crippen molar-refractivity contribution in [1.29, 1.82) is 0 Å². The van der Waals surface area contributed by atoms with Crippen LogP contribution in [0.25, 0.3) is 11.0 Å². The SMILES string of the molecule is O=C(c1cnc2ccccc2n1)N(CC1CC1)C1CC1. The lowest BCUT2D eigenvalue weighted by Gasteiger charge is -2.21. The molecule has 2 aromatic rings. The second-order valence-electron chi connectivity index (χ2n) is 5.88. The molecule has 102 valence electrons. The van der Waals surface area contributed by atoms with Crippen molar-refractivity contribution < 1.29 is 4.79 Å². The van der Waals surface area contributed by atoms with Gasteiger partial charge in [-0.15, -0.1) is 0 Å². The van der Waals surface area contributed by atoms with E-state index in [0.717, 1.165) is 30.4 Å². The summed E-state index contributed by atoms with van der Waals surface area (Å²) in [4.78, 5) is 23.5. The van der Waals surface area contributed by atoms with Crippen molar-refractivity contribution in [2.24, 2.45) is 5.92 Å². The maximum Gasteiger partial charge on any atom is 0.274 e. The monoisotopic (exact) mass is 267 g/mol. The molecule has 1 amide bonds. The van der Waals surface area contributed by atoms with Crippen LogP contribution in [0, 0.1) is 5.92 Å². The Bertz CT molecular complexity index is 662. The molecule has 0 saturated heterocycles. The van der Waals surface area contributed by atoms with Crippen molar-refractivity contribution in [3.8, 4) is 0 Å². The topological polar surface area (TPSA) is 46.1 Å². The third-order valence-electron chi connectivity index (χ3n) is 4.07. The van der Waals surface area contributed by atoms with Gasteiger partial charge < -0.3 is 4.90 Å². The van der Waals surface area contributed by atoms with Gasteiger partial charge >= 0.3 is 0 Å². The van der Waals surface area contributed by atoms with Crippen LogP contribution in [0.4, 0.5) is 0 Å². The summed E-state index contributed by atoms with van der Waals surface area (Å²) in [5.41, 5.74) is 2.11. The quantitative estimate of drug-likeness (QED) is 0.855. The number of benzene rings is 1. The number of rotatable bonds is 4. The molecule has 0 bridgehead atoms. The predicted octanol–water partition coefficient (Wildman–Crippen LogP) is 2.64. The van der Waals surface area contributed by atoms with Crippen LogP contribution >= 0.6 is 0 Å². The van der Waals surface area contributed by atoms with E-state index in [2.05, 4.69) is 9.97 Å². The standard InChI is InChI=1S/C16H17N3O/c20-16(19(12-7-8-12)10-11-5-6-11)15-9-17-13-3-1-2-4-14(13)18-15/h1-4,9,11-12H,5-8,10H2. The highest BCUT2D eigenvalue weighted by Gasteiger charge is 2.37. The van der Waals surface area contributed by atoms with E-state index in [9.17, 15) is 4.79 Å². The number of aromatic nitrogens is 2. The number of carbonyl (C=O) groups is 1. The Labute approximate surface area is 117 Å². The van der Waals surface area contributed by atoms with E-state index in [4.69, 9.17) is 0 Å². The third-order valence-corrected chi connectivity index (χ3v) is 4.07. The molecule has 0 radical (unpaired) electrons. The fourth-order valence-electron chi connectivity index (χ4n) is 2.57. The van der Waals surface area contributed by atoms with Gasteiger partial charge in [-0.05, 0) is 43.7 Å². The molecule has 1 heterocycles. The molecule has 0 unspecified atom stereocenters. The van der Waals surface area contributed by atoms with E-state index >= 15 is 0 Å². The molecule has 4 nitrogen and oxygen atoms in total. The molecule has 0 spiro atoms. The molecule has 20 heavy (non-hydrogen) atoms. The van der Waals surface area contributed by atoms with Gasteiger partial charge in [-0.2, -0.15) is 0 Å². The first kappa shape index (κ1) is 11.8. The molecular weight excluding hydrogens is 250 g/mol. The van der Waals surface area contributed by atoms with E-state index in [1.165, 1.54) is 12.8 Å². The number of hydrogen-bond donors (Lipinski definition) is 0.